The van der Waals surface area contributed by atoms with Gasteiger partial charge in [0.1, 0.15) is 18.1 Å². The molecule has 1 saturated heterocycles. The van der Waals surface area contributed by atoms with Crippen LogP contribution in [0.4, 0.5) is 10.1 Å². The highest BCUT2D eigenvalue weighted by Gasteiger charge is 2.23. The van der Waals surface area contributed by atoms with E-state index in [1.807, 2.05) is 24.3 Å². The lowest BCUT2D eigenvalue weighted by molar-refractivity contribution is -0.125. The van der Waals surface area contributed by atoms with Gasteiger partial charge in [0.2, 0.25) is 0 Å². The Bertz CT molecular complexity index is 1330. The number of hydrogen-bond acceptors (Lipinski definition) is 5. The predicted molar refractivity (Wildman–Crippen MR) is 108 cm³/mol. The van der Waals surface area contributed by atoms with E-state index < -0.39 is 5.82 Å². The van der Waals surface area contributed by atoms with Crippen molar-refractivity contribution in [1.29, 1.82) is 0 Å². The maximum Gasteiger partial charge on any atom is 0.258 e. The van der Waals surface area contributed by atoms with Crippen molar-refractivity contribution >= 4 is 22.5 Å². The molecule has 1 N–H and O–H groups in total. The molecule has 30 heavy (non-hydrogen) atoms. The van der Waals surface area contributed by atoms with Gasteiger partial charge in [-0.2, -0.15) is 0 Å². The van der Waals surface area contributed by atoms with E-state index in [1.165, 1.54) is 21.7 Å². The summed E-state index contributed by atoms with van der Waals surface area (Å²) in [5.74, 6) is -0.838. The fraction of sp³-hybridized carbons (Fsp3) is 0.143. The highest BCUT2D eigenvalue weighted by Crippen LogP contribution is 2.24. The maximum atomic E-state index is 14.7. The van der Waals surface area contributed by atoms with Crippen LogP contribution in [0, 0.1) is 5.82 Å². The van der Waals surface area contributed by atoms with Crippen LogP contribution in [0.1, 0.15) is 0 Å². The average Bonchev–Trinajstić information content (AvgIpc) is 3.24. The normalized spacial score (nSPS) is 14.4. The van der Waals surface area contributed by atoms with Gasteiger partial charge in [-0.05, 0) is 29.7 Å². The summed E-state index contributed by atoms with van der Waals surface area (Å²) in [5, 5.41) is 8.97. The fourth-order valence-corrected chi connectivity index (χ4v) is 3.48. The molecular weight excluding hydrogens is 389 g/mol. The zero-order chi connectivity index (χ0) is 20.7. The topological polar surface area (TPSA) is 93.1 Å². The molecule has 1 aliphatic rings. The molecule has 0 saturated carbocycles. The molecule has 1 fully saturated rings. The number of rotatable bonds is 3. The third-order valence-electron chi connectivity index (χ3n) is 5.00. The van der Waals surface area contributed by atoms with E-state index in [2.05, 4.69) is 15.3 Å². The van der Waals surface area contributed by atoms with Crippen LogP contribution in [-0.2, 0) is 9.53 Å². The monoisotopic (exact) mass is 405 g/mol. The van der Waals surface area contributed by atoms with Crippen LogP contribution >= 0.6 is 0 Å². The van der Waals surface area contributed by atoms with Gasteiger partial charge in [-0.1, -0.05) is 23.4 Å². The van der Waals surface area contributed by atoms with Crippen LogP contribution in [-0.4, -0.2) is 45.6 Å². The number of fused-ring (bicyclic) bond motifs is 1. The molecule has 150 valence electrons. The first-order valence-electron chi connectivity index (χ1n) is 9.33. The predicted octanol–water partition coefficient (Wildman–Crippen LogP) is 2.28. The standard InChI is InChI=1S/C21H16FN5O3/c22-16-10-14(5-6-19(16)26-7-8-30-12-20(26)28)27-11-18(24-25-27)15-9-13-3-1-2-4-17(13)23-21(15)29/h1-6,9-11H,7-8,12H2,(H,23,29). The van der Waals surface area contributed by atoms with E-state index in [0.717, 1.165) is 10.9 Å². The molecule has 9 heteroatoms. The third kappa shape index (κ3) is 3.15. The minimum absolute atomic E-state index is 0.0616. The number of aromatic amines is 1. The number of para-hydroxylation sites is 1. The number of amides is 1. The van der Waals surface area contributed by atoms with Crippen molar-refractivity contribution in [2.45, 2.75) is 0 Å². The minimum Gasteiger partial charge on any atom is -0.370 e. The lowest BCUT2D eigenvalue weighted by Gasteiger charge is -2.27. The Morgan fingerprint density at radius 3 is 2.80 bits per heavy atom. The highest BCUT2D eigenvalue weighted by atomic mass is 19.1. The molecule has 2 aromatic heterocycles. The average molecular weight is 405 g/mol. The summed E-state index contributed by atoms with van der Waals surface area (Å²) in [6.07, 6.45) is 1.56. The third-order valence-corrected chi connectivity index (χ3v) is 5.00. The lowest BCUT2D eigenvalue weighted by atomic mass is 10.1. The van der Waals surface area contributed by atoms with Gasteiger partial charge in [0.25, 0.3) is 11.5 Å². The number of benzene rings is 2. The molecule has 3 heterocycles. The molecule has 2 aromatic carbocycles. The SMILES string of the molecule is O=C1COCCN1c1ccc(-n2cc(-c3cc4ccccc4[nH]c3=O)nn2)cc1F. The Kier molecular flexibility index (Phi) is 4.36. The molecule has 0 aliphatic carbocycles. The van der Waals surface area contributed by atoms with Crippen molar-refractivity contribution in [2.75, 3.05) is 24.7 Å². The molecule has 4 aromatic rings. The van der Waals surface area contributed by atoms with Crippen LogP contribution in [0.3, 0.4) is 0 Å². The molecule has 5 rings (SSSR count). The highest BCUT2D eigenvalue weighted by molar-refractivity contribution is 5.95. The summed E-state index contributed by atoms with van der Waals surface area (Å²) in [5.41, 5.74) is 1.80. The smallest absolute Gasteiger partial charge is 0.258 e. The molecular formula is C21H16FN5O3. The van der Waals surface area contributed by atoms with Crippen molar-refractivity contribution in [3.05, 3.63) is 70.9 Å². The van der Waals surface area contributed by atoms with Crippen LogP contribution in [0.15, 0.2) is 59.5 Å². The molecule has 0 unspecified atom stereocenters. The van der Waals surface area contributed by atoms with Crippen LogP contribution in [0.25, 0.3) is 27.8 Å². The first-order valence-corrected chi connectivity index (χ1v) is 9.33. The number of carbonyl (C=O) groups is 1. The number of pyridine rings is 1. The van der Waals surface area contributed by atoms with Gasteiger partial charge in [-0.3, -0.25) is 9.59 Å². The number of nitrogens with one attached hydrogen (secondary N) is 1. The summed E-state index contributed by atoms with van der Waals surface area (Å²) < 4.78 is 21.2. The van der Waals surface area contributed by atoms with Crippen molar-refractivity contribution in [3.8, 4) is 16.9 Å². The Labute approximate surface area is 169 Å². The minimum atomic E-state index is -0.552. The summed E-state index contributed by atoms with van der Waals surface area (Å²) in [6, 6.07) is 13.6. The van der Waals surface area contributed by atoms with Crippen molar-refractivity contribution in [3.63, 3.8) is 0 Å². The van der Waals surface area contributed by atoms with Crippen LogP contribution in [0.5, 0.6) is 0 Å². The largest absolute Gasteiger partial charge is 0.370 e. The van der Waals surface area contributed by atoms with E-state index in [9.17, 15) is 14.0 Å². The van der Waals surface area contributed by atoms with Crippen molar-refractivity contribution in [2.24, 2.45) is 0 Å². The number of hydrogen-bond donors (Lipinski definition) is 1. The first kappa shape index (κ1) is 18.2. The molecule has 0 radical (unpaired) electrons. The number of H-pyrrole nitrogens is 1. The Balaban J connectivity index is 1.49. The van der Waals surface area contributed by atoms with Crippen molar-refractivity contribution in [1.82, 2.24) is 20.0 Å². The summed E-state index contributed by atoms with van der Waals surface area (Å²) in [7, 11) is 0. The maximum absolute atomic E-state index is 14.7. The van der Waals surface area contributed by atoms with Gasteiger partial charge >= 0.3 is 0 Å². The Hall–Kier alpha value is -3.85. The number of carbonyl (C=O) groups excluding carboxylic acids is 1. The molecule has 1 amide bonds. The molecule has 8 nitrogen and oxygen atoms in total. The second kappa shape index (κ2) is 7.20. The number of anilines is 1. The van der Waals surface area contributed by atoms with E-state index in [0.29, 0.717) is 30.1 Å². The van der Waals surface area contributed by atoms with Gasteiger partial charge in [0.05, 0.1) is 29.7 Å². The number of halogens is 1. The van der Waals surface area contributed by atoms with Crippen molar-refractivity contribution < 1.29 is 13.9 Å². The Morgan fingerprint density at radius 2 is 1.97 bits per heavy atom. The van der Waals surface area contributed by atoms with Gasteiger partial charge < -0.3 is 14.6 Å². The Morgan fingerprint density at radius 1 is 1.10 bits per heavy atom. The van der Waals surface area contributed by atoms with E-state index in [-0.39, 0.29) is 23.8 Å². The quantitative estimate of drug-likeness (QED) is 0.565. The first-order chi connectivity index (χ1) is 14.6. The second-order valence-electron chi connectivity index (χ2n) is 6.88. The van der Waals surface area contributed by atoms with Gasteiger partial charge in [0.15, 0.2) is 0 Å². The van der Waals surface area contributed by atoms with Crippen LogP contribution < -0.4 is 10.5 Å². The second-order valence-corrected chi connectivity index (χ2v) is 6.88. The summed E-state index contributed by atoms with van der Waals surface area (Å²) >= 11 is 0. The molecule has 0 bridgehead atoms. The van der Waals surface area contributed by atoms with E-state index in [1.54, 1.807) is 18.3 Å². The zero-order valence-corrected chi connectivity index (χ0v) is 15.7. The fourth-order valence-electron chi connectivity index (χ4n) is 3.48. The summed E-state index contributed by atoms with van der Waals surface area (Å²) in [4.78, 5) is 28.6. The lowest BCUT2D eigenvalue weighted by Crippen LogP contribution is -2.42. The van der Waals surface area contributed by atoms with E-state index >= 15 is 0 Å². The number of morpholine rings is 1. The van der Waals surface area contributed by atoms with Gasteiger partial charge in [-0.25, -0.2) is 9.07 Å². The van der Waals surface area contributed by atoms with Gasteiger partial charge in [-0.15, -0.1) is 5.10 Å². The number of ether oxygens (including phenoxy) is 1. The van der Waals surface area contributed by atoms with Crippen LogP contribution in [0.2, 0.25) is 0 Å². The van der Waals surface area contributed by atoms with Gasteiger partial charge in [0, 0.05) is 18.1 Å². The molecule has 1 aliphatic heterocycles. The number of nitrogens with zero attached hydrogens (tertiary/aromatic N) is 4. The summed E-state index contributed by atoms with van der Waals surface area (Å²) in [6.45, 7) is 0.598. The molecule has 0 atom stereocenters. The zero-order valence-electron chi connectivity index (χ0n) is 15.7. The van der Waals surface area contributed by atoms with E-state index in [4.69, 9.17) is 4.74 Å². The number of aromatic nitrogens is 4. The molecule has 0 spiro atoms.